The molecule has 5 rings (SSSR count). The van der Waals surface area contributed by atoms with Crippen molar-refractivity contribution in [1.29, 1.82) is 0 Å². The van der Waals surface area contributed by atoms with Gasteiger partial charge in [0.05, 0.1) is 5.69 Å². The zero-order valence-corrected chi connectivity index (χ0v) is 17.8. The second-order valence-corrected chi connectivity index (χ2v) is 8.89. The lowest BCUT2D eigenvalue weighted by Gasteiger charge is -2.38. The lowest BCUT2D eigenvalue weighted by atomic mass is 9.87. The number of aromatic nitrogens is 2. The molecular formula is C25H30N4O. The van der Waals surface area contributed by atoms with Gasteiger partial charge in [-0.15, -0.1) is 0 Å². The molecule has 2 fully saturated rings. The fourth-order valence-electron chi connectivity index (χ4n) is 5.34. The molecule has 1 aromatic carbocycles. The van der Waals surface area contributed by atoms with Crippen molar-refractivity contribution in [2.75, 3.05) is 13.1 Å². The summed E-state index contributed by atoms with van der Waals surface area (Å²) < 4.78 is 2.17. The summed E-state index contributed by atoms with van der Waals surface area (Å²) in [5.74, 6) is 0.323. The Morgan fingerprint density at radius 1 is 0.967 bits per heavy atom. The van der Waals surface area contributed by atoms with Crippen molar-refractivity contribution in [2.24, 2.45) is 0 Å². The smallest absolute Gasteiger partial charge is 0.223 e. The number of carbonyl (C=O) groups is 1. The minimum Gasteiger partial charge on any atom is -0.333 e. The third kappa shape index (κ3) is 3.52. The second kappa shape index (κ2) is 7.88. The lowest BCUT2D eigenvalue weighted by molar-refractivity contribution is -0.132. The topological polar surface area (TPSA) is 40.9 Å². The third-order valence-corrected chi connectivity index (χ3v) is 7.11. The van der Waals surface area contributed by atoms with Gasteiger partial charge in [0.2, 0.25) is 5.91 Å². The molecular weight excluding hydrogens is 372 g/mol. The van der Waals surface area contributed by atoms with Crippen molar-refractivity contribution < 1.29 is 4.79 Å². The number of benzene rings is 1. The lowest BCUT2D eigenvalue weighted by Crippen LogP contribution is -2.45. The van der Waals surface area contributed by atoms with Crippen LogP contribution in [0.3, 0.4) is 0 Å². The first-order chi connectivity index (χ1) is 14.6. The van der Waals surface area contributed by atoms with Gasteiger partial charge < -0.3 is 9.30 Å². The molecule has 3 aromatic rings. The van der Waals surface area contributed by atoms with Gasteiger partial charge in [0.15, 0.2) is 0 Å². The number of hydrogen-bond acceptors (Lipinski definition) is 3. The number of carbonyl (C=O) groups excluding carboxylic acids is 1. The molecule has 0 radical (unpaired) electrons. The monoisotopic (exact) mass is 402 g/mol. The first kappa shape index (κ1) is 19.3. The van der Waals surface area contributed by atoms with Gasteiger partial charge in [0.25, 0.3) is 0 Å². The quantitative estimate of drug-likeness (QED) is 0.657. The van der Waals surface area contributed by atoms with Gasteiger partial charge in [-0.2, -0.15) is 0 Å². The van der Waals surface area contributed by atoms with Crippen molar-refractivity contribution >= 4 is 11.6 Å². The maximum Gasteiger partial charge on any atom is 0.223 e. The van der Waals surface area contributed by atoms with E-state index in [0.29, 0.717) is 12.3 Å². The second-order valence-electron chi connectivity index (χ2n) is 8.89. The van der Waals surface area contributed by atoms with E-state index >= 15 is 0 Å². The number of pyridine rings is 1. The van der Waals surface area contributed by atoms with Crippen molar-refractivity contribution in [1.82, 2.24) is 19.2 Å². The fraction of sp³-hybridized carbons (Fsp3) is 0.440. The van der Waals surface area contributed by atoms with E-state index in [-0.39, 0.29) is 5.54 Å². The summed E-state index contributed by atoms with van der Waals surface area (Å²) in [5, 5.41) is 0. The Morgan fingerprint density at radius 2 is 1.80 bits per heavy atom. The van der Waals surface area contributed by atoms with Crippen molar-refractivity contribution in [2.45, 2.75) is 57.7 Å². The molecule has 2 saturated heterocycles. The molecule has 0 N–H and O–H groups in total. The number of rotatable bonds is 4. The van der Waals surface area contributed by atoms with Crippen LogP contribution in [0.15, 0.2) is 54.7 Å². The Hall–Kier alpha value is -2.66. The van der Waals surface area contributed by atoms with Crippen LogP contribution in [0.5, 0.6) is 0 Å². The number of nitrogens with zero attached hydrogens (tertiary/aromatic N) is 4. The number of likely N-dealkylation sites (tertiary alicyclic amines) is 2. The van der Waals surface area contributed by atoms with Crippen LogP contribution in [-0.2, 0) is 17.9 Å². The molecule has 0 aliphatic carbocycles. The SMILES string of the molecule is Cc1c(CN2CCC[C@]3(CCC(=O)N3Cc3ccccc3)CC2)nc2ccccn12. The standard InChI is InChI=1S/C25H30N4O/c1-20-22(26-23-10-5-6-16-28(20)23)19-27-15-7-12-25(14-17-27)13-11-24(30)29(25)18-21-8-3-2-4-9-21/h2-6,8-10,16H,7,11-15,17-19H2,1H3/t25-/m0/s1. The van der Waals surface area contributed by atoms with Gasteiger partial charge in [-0.3, -0.25) is 9.69 Å². The molecule has 1 amide bonds. The van der Waals surface area contributed by atoms with E-state index in [1.807, 2.05) is 12.1 Å². The summed E-state index contributed by atoms with van der Waals surface area (Å²) in [4.78, 5) is 22.4. The molecule has 4 heterocycles. The predicted octanol–water partition coefficient (Wildman–Crippen LogP) is 4.19. The van der Waals surface area contributed by atoms with Crippen LogP contribution < -0.4 is 0 Å². The molecule has 156 valence electrons. The van der Waals surface area contributed by atoms with Crippen LogP contribution >= 0.6 is 0 Å². The minimum absolute atomic E-state index is 0.0234. The zero-order chi connectivity index (χ0) is 20.6. The molecule has 0 saturated carbocycles. The maximum atomic E-state index is 12.8. The van der Waals surface area contributed by atoms with E-state index in [0.717, 1.165) is 57.5 Å². The van der Waals surface area contributed by atoms with E-state index in [1.54, 1.807) is 0 Å². The Balaban J connectivity index is 1.31. The fourth-order valence-corrected chi connectivity index (χ4v) is 5.34. The normalized spacial score (nSPS) is 22.8. The van der Waals surface area contributed by atoms with Gasteiger partial charge in [0.1, 0.15) is 5.65 Å². The van der Waals surface area contributed by atoms with Crippen LogP contribution in [0.4, 0.5) is 0 Å². The van der Waals surface area contributed by atoms with Crippen LogP contribution in [0, 0.1) is 6.92 Å². The number of imidazole rings is 1. The largest absolute Gasteiger partial charge is 0.333 e. The predicted molar refractivity (Wildman–Crippen MR) is 118 cm³/mol. The Kier molecular flexibility index (Phi) is 5.07. The highest BCUT2D eigenvalue weighted by atomic mass is 16.2. The van der Waals surface area contributed by atoms with E-state index in [1.165, 1.54) is 17.0 Å². The highest BCUT2D eigenvalue weighted by Gasteiger charge is 2.45. The molecule has 0 unspecified atom stereocenters. The molecule has 5 heteroatoms. The van der Waals surface area contributed by atoms with Gasteiger partial charge in [0, 0.05) is 43.5 Å². The molecule has 2 aliphatic heterocycles. The van der Waals surface area contributed by atoms with Crippen LogP contribution in [0.25, 0.3) is 5.65 Å². The maximum absolute atomic E-state index is 12.8. The molecule has 2 aliphatic rings. The molecule has 30 heavy (non-hydrogen) atoms. The number of amides is 1. The van der Waals surface area contributed by atoms with Crippen molar-refractivity contribution in [3.8, 4) is 0 Å². The molecule has 1 spiro atoms. The Labute approximate surface area is 178 Å². The van der Waals surface area contributed by atoms with E-state index < -0.39 is 0 Å². The minimum atomic E-state index is 0.0234. The average Bonchev–Trinajstić information content (AvgIpc) is 3.15. The van der Waals surface area contributed by atoms with E-state index in [2.05, 4.69) is 63.7 Å². The van der Waals surface area contributed by atoms with Crippen LogP contribution in [0.1, 0.15) is 49.1 Å². The summed E-state index contributed by atoms with van der Waals surface area (Å²) in [6.07, 6.45) is 7.07. The van der Waals surface area contributed by atoms with Gasteiger partial charge in [-0.1, -0.05) is 36.4 Å². The highest BCUT2D eigenvalue weighted by molar-refractivity contribution is 5.79. The molecule has 0 bridgehead atoms. The van der Waals surface area contributed by atoms with Gasteiger partial charge >= 0.3 is 0 Å². The molecule has 2 aromatic heterocycles. The number of fused-ring (bicyclic) bond motifs is 1. The van der Waals surface area contributed by atoms with Crippen LogP contribution in [0.2, 0.25) is 0 Å². The molecule has 1 atom stereocenters. The van der Waals surface area contributed by atoms with Gasteiger partial charge in [-0.25, -0.2) is 4.98 Å². The first-order valence-corrected chi connectivity index (χ1v) is 11.1. The van der Waals surface area contributed by atoms with Gasteiger partial charge in [-0.05, 0) is 56.8 Å². The van der Waals surface area contributed by atoms with Crippen LogP contribution in [-0.4, -0.2) is 43.7 Å². The molecule has 5 nitrogen and oxygen atoms in total. The Morgan fingerprint density at radius 3 is 2.63 bits per heavy atom. The van der Waals surface area contributed by atoms with E-state index in [9.17, 15) is 4.79 Å². The van der Waals surface area contributed by atoms with Crippen molar-refractivity contribution in [3.05, 3.63) is 71.7 Å². The summed E-state index contributed by atoms with van der Waals surface area (Å²) >= 11 is 0. The highest BCUT2D eigenvalue weighted by Crippen LogP contribution is 2.40. The van der Waals surface area contributed by atoms with E-state index in [4.69, 9.17) is 4.98 Å². The Bertz CT molecular complexity index is 1040. The average molecular weight is 403 g/mol. The first-order valence-electron chi connectivity index (χ1n) is 11.1. The summed E-state index contributed by atoms with van der Waals surface area (Å²) in [6, 6.07) is 16.6. The third-order valence-electron chi connectivity index (χ3n) is 7.11. The van der Waals surface area contributed by atoms with Crippen molar-refractivity contribution in [3.63, 3.8) is 0 Å². The summed E-state index contributed by atoms with van der Waals surface area (Å²) in [7, 11) is 0. The zero-order valence-electron chi connectivity index (χ0n) is 17.8. The summed E-state index contributed by atoms with van der Waals surface area (Å²) in [6.45, 7) is 5.88. The number of aryl methyl sites for hydroxylation is 1. The number of hydrogen-bond donors (Lipinski definition) is 0. The summed E-state index contributed by atoms with van der Waals surface area (Å²) in [5.41, 5.74) is 4.67.